The molecule has 1 aromatic carbocycles. The molecule has 1 heterocycles. The maximum Gasteiger partial charge on any atom is 0.191 e. The summed E-state index contributed by atoms with van der Waals surface area (Å²) in [7, 11) is 1.76. The van der Waals surface area contributed by atoms with E-state index in [-0.39, 0.29) is 30.1 Å². The fourth-order valence-electron chi connectivity index (χ4n) is 2.08. The minimum atomic E-state index is 0. The zero-order chi connectivity index (χ0) is 17.4. The predicted octanol–water partition coefficient (Wildman–Crippen LogP) is 3.90. The lowest BCUT2D eigenvalue weighted by Crippen LogP contribution is -2.42. The van der Waals surface area contributed by atoms with Crippen LogP contribution >= 0.6 is 46.9 Å². The van der Waals surface area contributed by atoms with E-state index < -0.39 is 0 Å². The molecule has 1 aromatic heterocycles. The van der Waals surface area contributed by atoms with Crippen LogP contribution in [0.25, 0.3) is 0 Å². The summed E-state index contributed by atoms with van der Waals surface area (Å²) < 4.78 is 5.83. The van der Waals surface area contributed by atoms with Crippen molar-refractivity contribution in [1.29, 1.82) is 0 Å². The molecule has 138 valence electrons. The second-order valence-corrected chi connectivity index (χ2v) is 6.87. The molecule has 0 aliphatic rings. The highest BCUT2D eigenvalue weighted by atomic mass is 127. The Morgan fingerprint density at radius 3 is 2.64 bits per heavy atom. The van der Waals surface area contributed by atoms with E-state index in [1.165, 1.54) is 0 Å². The Morgan fingerprint density at radius 2 is 2.04 bits per heavy atom. The second kappa shape index (κ2) is 11.5. The maximum atomic E-state index is 5.87. The molecule has 2 rings (SSSR count). The quantitative estimate of drug-likeness (QED) is 0.348. The average Bonchev–Trinajstić information content (AvgIpc) is 2.98. The number of ether oxygens (including phenoxy) is 1. The van der Waals surface area contributed by atoms with Crippen LogP contribution < -0.4 is 15.4 Å². The van der Waals surface area contributed by atoms with Gasteiger partial charge in [0.25, 0.3) is 0 Å². The monoisotopic (exact) mass is 494 g/mol. The molecule has 0 saturated heterocycles. The fourth-order valence-corrected chi connectivity index (χ4v) is 2.85. The molecule has 1 atom stereocenters. The zero-order valence-electron chi connectivity index (χ0n) is 14.6. The van der Waals surface area contributed by atoms with Crippen LogP contribution in [0.5, 0.6) is 5.75 Å². The first-order valence-electron chi connectivity index (χ1n) is 7.84. The van der Waals surface area contributed by atoms with Crippen molar-refractivity contribution in [3.63, 3.8) is 0 Å². The topological polar surface area (TPSA) is 58.5 Å². The molecule has 0 radical (unpaired) electrons. The van der Waals surface area contributed by atoms with E-state index in [4.69, 9.17) is 16.3 Å². The number of benzene rings is 1. The second-order valence-electron chi connectivity index (χ2n) is 5.37. The summed E-state index contributed by atoms with van der Waals surface area (Å²) in [5, 5.41) is 10.4. The van der Waals surface area contributed by atoms with Crippen molar-refractivity contribution in [3.8, 4) is 5.75 Å². The van der Waals surface area contributed by atoms with Gasteiger partial charge in [0.1, 0.15) is 11.9 Å². The summed E-state index contributed by atoms with van der Waals surface area (Å²) in [6.07, 6.45) is 0.882. The number of hydrogen-bond donors (Lipinski definition) is 2. The molecular weight excluding hydrogens is 471 g/mol. The highest BCUT2D eigenvalue weighted by Crippen LogP contribution is 2.16. The first kappa shape index (κ1) is 22.0. The van der Waals surface area contributed by atoms with E-state index in [1.807, 2.05) is 38.1 Å². The van der Waals surface area contributed by atoms with Crippen LogP contribution in [0.4, 0.5) is 0 Å². The summed E-state index contributed by atoms with van der Waals surface area (Å²) in [4.78, 5) is 8.67. The molecule has 2 aromatic rings. The van der Waals surface area contributed by atoms with Gasteiger partial charge in [-0.1, -0.05) is 11.6 Å². The van der Waals surface area contributed by atoms with Crippen molar-refractivity contribution in [3.05, 3.63) is 45.4 Å². The lowest BCUT2D eigenvalue weighted by atomic mass is 10.3. The van der Waals surface area contributed by atoms with Crippen molar-refractivity contribution in [1.82, 2.24) is 15.6 Å². The molecule has 1 unspecified atom stereocenters. The van der Waals surface area contributed by atoms with Crippen LogP contribution in [-0.4, -0.2) is 37.2 Å². The smallest absolute Gasteiger partial charge is 0.191 e. The van der Waals surface area contributed by atoms with Crippen molar-refractivity contribution >= 4 is 52.9 Å². The van der Waals surface area contributed by atoms with Gasteiger partial charge in [-0.05, 0) is 38.1 Å². The Balaban J connectivity index is 0.00000312. The fraction of sp³-hybridized carbons (Fsp3) is 0.412. The highest BCUT2D eigenvalue weighted by molar-refractivity contribution is 14.0. The molecule has 0 aliphatic heterocycles. The number of nitrogens with zero attached hydrogens (tertiary/aromatic N) is 2. The van der Waals surface area contributed by atoms with E-state index in [2.05, 4.69) is 26.0 Å². The number of halogens is 2. The van der Waals surface area contributed by atoms with Crippen molar-refractivity contribution in [2.75, 3.05) is 20.1 Å². The minimum Gasteiger partial charge on any atom is -0.489 e. The number of hydrogen-bond acceptors (Lipinski definition) is 4. The molecule has 0 aliphatic carbocycles. The lowest BCUT2D eigenvalue weighted by molar-refractivity contribution is 0.224. The van der Waals surface area contributed by atoms with E-state index in [1.54, 1.807) is 18.4 Å². The normalized spacial score (nSPS) is 12.2. The van der Waals surface area contributed by atoms with Gasteiger partial charge in [-0.2, -0.15) is 0 Å². The van der Waals surface area contributed by atoms with Crippen LogP contribution in [0, 0.1) is 6.92 Å². The average molecular weight is 495 g/mol. The number of nitrogens with one attached hydrogen (secondary N) is 2. The van der Waals surface area contributed by atoms with Crippen molar-refractivity contribution < 1.29 is 4.74 Å². The van der Waals surface area contributed by atoms with Crippen LogP contribution in [0.15, 0.2) is 34.6 Å². The van der Waals surface area contributed by atoms with Crippen molar-refractivity contribution in [2.24, 2.45) is 4.99 Å². The number of thiazole rings is 1. The first-order valence-corrected chi connectivity index (χ1v) is 9.10. The molecule has 0 saturated carbocycles. The third-order valence-electron chi connectivity index (χ3n) is 3.27. The minimum absolute atomic E-state index is 0. The standard InChI is InChI=1S/C17H23ClN4OS.HI/c1-12(23-16-6-4-14(18)5-7-16)10-21-17(19-3)20-9-8-15-11-24-13(2)22-15;/h4-7,11-12H,8-10H2,1-3H3,(H2,19,20,21);1H. The number of rotatable bonds is 7. The Labute approximate surface area is 175 Å². The van der Waals surface area contributed by atoms with E-state index in [9.17, 15) is 0 Å². The SMILES string of the molecule is CN=C(NCCc1csc(C)n1)NCC(C)Oc1ccc(Cl)cc1.I. The van der Waals surface area contributed by atoms with Crippen LogP contribution in [0.1, 0.15) is 17.6 Å². The molecule has 0 bridgehead atoms. The van der Waals surface area contributed by atoms with Gasteiger partial charge in [0.2, 0.25) is 0 Å². The van der Waals surface area contributed by atoms with Crippen LogP contribution in [0.3, 0.4) is 0 Å². The predicted molar refractivity (Wildman–Crippen MR) is 117 cm³/mol. The van der Waals surface area contributed by atoms with Gasteiger partial charge < -0.3 is 15.4 Å². The summed E-state index contributed by atoms with van der Waals surface area (Å²) in [6.45, 7) is 5.46. The molecular formula is C17H24ClIN4OS. The number of aromatic nitrogens is 1. The number of guanidine groups is 1. The van der Waals surface area contributed by atoms with Crippen molar-refractivity contribution in [2.45, 2.75) is 26.4 Å². The number of aryl methyl sites for hydroxylation is 1. The van der Waals surface area contributed by atoms with Gasteiger partial charge in [0.05, 0.1) is 17.2 Å². The Morgan fingerprint density at radius 1 is 1.32 bits per heavy atom. The van der Waals surface area contributed by atoms with Gasteiger partial charge in [-0.15, -0.1) is 35.3 Å². The van der Waals surface area contributed by atoms with Gasteiger partial charge in [-0.25, -0.2) is 4.98 Å². The zero-order valence-corrected chi connectivity index (χ0v) is 18.5. The van der Waals surface area contributed by atoms with Gasteiger partial charge in [0, 0.05) is 30.4 Å². The van der Waals surface area contributed by atoms with Gasteiger partial charge in [-0.3, -0.25) is 4.99 Å². The molecule has 8 heteroatoms. The Kier molecular flexibility index (Phi) is 10.1. The van der Waals surface area contributed by atoms with E-state index in [0.29, 0.717) is 11.6 Å². The number of aliphatic imine (C=N–C) groups is 1. The summed E-state index contributed by atoms with van der Waals surface area (Å²) in [5.41, 5.74) is 1.11. The van der Waals surface area contributed by atoms with E-state index in [0.717, 1.165) is 35.4 Å². The van der Waals surface area contributed by atoms with Crippen LogP contribution in [-0.2, 0) is 6.42 Å². The molecule has 5 nitrogen and oxygen atoms in total. The third-order valence-corrected chi connectivity index (χ3v) is 4.35. The molecule has 0 fully saturated rings. The largest absolute Gasteiger partial charge is 0.489 e. The summed E-state index contributed by atoms with van der Waals surface area (Å²) in [6, 6.07) is 7.36. The lowest BCUT2D eigenvalue weighted by Gasteiger charge is -2.17. The molecule has 0 amide bonds. The Hall–Kier alpha value is -1.06. The molecule has 0 spiro atoms. The van der Waals surface area contributed by atoms with Crippen LogP contribution in [0.2, 0.25) is 5.02 Å². The Bertz CT molecular complexity index is 663. The maximum absolute atomic E-state index is 5.87. The van der Waals surface area contributed by atoms with E-state index >= 15 is 0 Å². The summed E-state index contributed by atoms with van der Waals surface area (Å²) >= 11 is 7.54. The van der Waals surface area contributed by atoms with Gasteiger partial charge >= 0.3 is 0 Å². The highest BCUT2D eigenvalue weighted by Gasteiger charge is 2.06. The molecule has 2 N–H and O–H groups in total. The summed E-state index contributed by atoms with van der Waals surface area (Å²) in [5.74, 6) is 1.56. The molecule has 25 heavy (non-hydrogen) atoms. The van der Waals surface area contributed by atoms with Gasteiger partial charge in [0.15, 0.2) is 5.96 Å². The third kappa shape index (κ3) is 8.24. The first-order chi connectivity index (χ1) is 11.6.